The van der Waals surface area contributed by atoms with Gasteiger partial charge in [-0.25, -0.2) is 8.42 Å². The molecule has 0 aliphatic heterocycles. The molecule has 0 atom stereocenters. The van der Waals surface area contributed by atoms with Gasteiger partial charge in [-0.3, -0.25) is 4.72 Å². The molecule has 21 heavy (non-hydrogen) atoms. The van der Waals surface area contributed by atoms with Crippen LogP contribution in [0.2, 0.25) is 0 Å². The topological polar surface area (TPSA) is 46.2 Å². The molecular weight excluding hydrogens is 350 g/mol. The molecule has 0 fully saturated rings. The number of rotatable bonds is 4. The molecular formula is C16H18BrNO2S. The van der Waals surface area contributed by atoms with Crippen LogP contribution in [0.5, 0.6) is 0 Å². The number of anilines is 1. The molecule has 112 valence electrons. The lowest BCUT2D eigenvalue weighted by atomic mass is 10.1. The maximum Gasteiger partial charge on any atom is 0.263 e. The van der Waals surface area contributed by atoms with Crippen LogP contribution in [-0.2, 0) is 16.4 Å². The second-order valence-electron chi connectivity index (χ2n) is 5.00. The molecule has 3 nitrogen and oxygen atoms in total. The third kappa shape index (κ3) is 3.47. The first-order valence-corrected chi connectivity index (χ1v) is 9.00. The van der Waals surface area contributed by atoms with Gasteiger partial charge in [0.05, 0.1) is 5.69 Å². The van der Waals surface area contributed by atoms with Gasteiger partial charge in [0.25, 0.3) is 10.0 Å². The number of para-hydroxylation sites is 1. The zero-order chi connectivity index (χ0) is 15.6. The van der Waals surface area contributed by atoms with E-state index < -0.39 is 10.0 Å². The monoisotopic (exact) mass is 367 g/mol. The van der Waals surface area contributed by atoms with E-state index in [1.807, 2.05) is 39.0 Å². The number of benzene rings is 2. The van der Waals surface area contributed by atoms with Crippen molar-refractivity contribution in [2.75, 3.05) is 4.72 Å². The summed E-state index contributed by atoms with van der Waals surface area (Å²) in [6.45, 7) is 5.83. The summed E-state index contributed by atoms with van der Waals surface area (Å²) < 4.78 is 28.5. The lowest BCUT2D eigenvalue weighted by molar-refractivity contribution is 0.600. The molecule has 0 saturated heterocycles. The Morgan fingerprint density at radius 2 is 1.86 bits per heavy atom. The normalized spacial score (nSPS) is 11.4. The van der Waals surface area contributed by atoms with Crippen molar-refractivity contribution < 1.29 is 8.42 Å². The lowest BCUT2D eigenvalue weighted by Crippen LogP contribution is -2.15. The summed E-state index contributed by atoms with van der Waals surface area (Å²) in [6, 6.07) is 11.0. The molecule has 0 unspecified atom stereocenters. The standard InChI is InChI=1S/C16H18BrNO2S/c1-4-13-7-5-6-12(3)16(13)18-21(19,20)15-9-8-11(2)10-14(15)17/h5-10,18H,4H2,1-3H3. The minimum atomic E-state index is -3.61. The van der Waals surface area contributed by atoms with Crippen molar-refractivity contribution in [3.05, 3.63) is 57.6 Å². The largest absolute Gasteiger partial charge is 0.279 e. The van der Waals surface area contributed by atoms with Crippen molar-refractivity contribution in [2.45, 2.75) is 32.1 Å². The first-order valence-electron chi connectivity index (χ1n) is 6.72. The number of sulfonamides is 1. The molecule has 0 bridgehead atoms. The van der Waals surface area contributed by atoms with Crippen molar-refractivity contribution in [3.8, 4) is 0 Å². The highest BCUT2D eigenvalue weighted by Gasteiger charge is 2.19. The fourth-order valence-corrected chi connectivity index (χ4v) is 4.55. The molecule has 0 aliphatic rings. The Labute approximate surface area is 134 Å². The van der Waals surface area contributed by atoms with Gasteiger partial charge < -0.3 is 0 Å². The van der Waals surface area contributed by atoms with E-state index in [4.69, 9.17) is 0 Å². The maximum absolute atomic E-state index is 12.6. The van der Waals surface area contributed by atoms with Gasteiger partial charge in [-0.15, -0.1) is 0 Å². The summed E-state index contributed by atoms with van der Waals surface area (Å²) in [6.07, 6.45) is 0.772. The van der Waals surface area contributed by atoms with E-state index in [0.717, 1.165) is 23.1 Å². The average molecular weight is 368 g/mol. The van der Waals surface area contributed by atoms with Crippen molar-refractivity contribution >= 4 is 31.6 Å². The predicted octanol–water partition coefficient (Wildman–Crippen LogP) is 4.43. The van der Waals surface area contributed by atoms with E-state index in [2.05, 4.69) is 20.7 Å². The van der Waals surface area contributed by atoms with Crippen LogP contribution in [0, 0.1) is 13.8 Å². The van der Waals surface area contributed by atoms with E-state index in [1.165, 1.54) is 0 Å². The lowest BCUT2D eigenvalue weighted by Gasteiger charge is -2.15. The Kier molecular flexibility index (Phi) is 4.74. The molecule has 2 rings (SSSR count). The average Bonchev–Trinajstić information content (AvgIpc) is 2.40. The highest BCUT2D eigenvalue weighted by atomic mass is 79.9. The molecule has 0 aliphatic carbocycles. The highest BCUT2D eigenvalue weighted by molar-refractivity contribution is 9.10. The van der Waals surface area contributed by atoms with Crippen LogP contribution >= 0.6 is 15.9 Å². The fourth-order valence-electron chi connectivity index (χ4n) is 2.18. The summed E-state index contributed by atoms with van der Waals surface area (Å²) >= 11 is 3.33. The van der Waals surface area contributed by atoms with Crippen LogP contribution in [-0.4, -0.2) is 8.42 Å². The molecule has 0 spiro atoms. The summed E-state index contributed by atoms with van der Waals surface area (Å²) in [7, 11) is -3.61. The van der Waals surface area contributed by atoms with E-state index in [-0.39, 0.29) is 4.90 Å². The van der Waals surface area contributed by atoms with Crippen molar-refractivity contribution in [3.63, 3.8) is 0 Å². The second kappa shape index (κ2) is 6.20. The molecule has 5 heteroatoms. The SMILES string of the molecule is CCc1cccc(C)c1NS(=O)(=O)c1ccc(C)cc1Br. The molecule has 0 aromatic heterocycles. The van der Waals surface area contributed by atoms with Gasteiger partial charge in [0.2, 0.25) is 0 Å². The minimum Gasteiger partial charge on any atom is -0.279 e. The molecule has 0 radical (unpaired) electrons. The van der Waals surface area contributed by atoms with E-state index in [0.29, 0.717) is 10.2 Å². The number of halogens is 1. The first-order chi connectivity index (χ1) is 9.85. The van der Waals surface area contributed by atoms with Gasteiger partial charge >= 0.3 is 0 Å². The molecule has 0 heterocycles. The van der Waals surface area contributed by atoms with Gasteiger partial charge in [-0.1, -0.05) is 31.2 Å². The quantitative estimate of drug-likeness (QED) is 0.868. The third-order valence-electron chi connectivity index (χ3n) is 3.35. The van der Waals surface area contributed by atoms with Crippen LogP contribution < -0.4 is 4.72 Å². The molecule has 1 N–H and O–H groups in total. The van der Waals surface area contributed by atoms with Gasteiger partial charge in [0.1, 0.15) is 4.90 Å². The third-order valence-corrected chi connectivity index (χ3v) is 5.68. The summed E-state index contributed by atoms with van der Waals surface area (Å²) in [5.41, 5.74) is 3.58. The maximum atomic E-state index is 12.6. The van der Waals surface area contributed by atoms with E-state index in [9.17, 15) is 8.42 Å². The zero-order valence-electron chi connectivity index (χ0n) is 12.3. The van der Waals surface area contributed by atoms with Gasteiger partial charge in [0, 0.05) is 4.47 Å². The smallest absolute Gasteiger partial charge is 0.263 e. The zero-order valence-corrected chi connectivity index (χ0v) is 14.7. The molecule has 0 saturated carbocycles. The van der Waals surface area contributed by atoms with Crippen LogP contribution in [0.4, 0.5) is 5.69 Å². The van der Waals surface area contributed by atoms with Crippen molar-refractivity contribution in [1.82, 2.24) is 0 Å². The minimum absolute atomic E-state index is 0.249. The van der Waals surface area contributed by atoms with Crippen molar-refractivity contribution in [2.24, 2.45) is 0 Å². The van der Waals surface area contributed by atoms with Crippen LogP contribution in [0.25, 0.3) is 0 Å². The fraction of sp³-hybridized carbons (Fsp3) is 0.250. The van der Waals surface area contributed by atoms with Gasteiger partial charge in [0.15, 0.2) is 0 Å². The Morgan fingerprint density at radius 1 is 1.14 bits per heavy atom. The molecule has 2 aromatic rings. The number of hydrogen-bond acceptors (Lipinski definition) is 2. The Hall–Kier alpha value is -1.33. The second-order valence-corrected chi connectivity index (χ2v) is 7.51. The Morgan fingerprint density at radius 3 is 2.48 bits per heavy atom. The number of nitrogens with one attached hydrogen (secondary N) is 1. The number of hydrogen-bond donors (Lipinski definition) is 1. The predicted molar refractivity (Wildman–Crippen MR) is 90.2 cm³/mol. The molecule has 0 amide bonds. The van der Waals surface area contributed by atoms with Crippen LogP contribution in [0.15, 0.2) is 45.8 Å². The van der Waals surface area contributed by atoms with E-state index >= 15 is 0 Å². The van der Waals surface area contributed by atoms with Gasteiger partial charge in [-0.2, -0.15) is 0 Å². The van der Waals surface area contributed by atoms with Crippen molar-refractivity contribution in [1.29, 1.82) is 0 Å². The Balaban J connectivity index is 2.47. The van der Waals surface area contributed by atoms with Gasteiger partial charge in [-0.05, 0) is 65.0 Å². The summed E-state index contributed by atoms with van der Waals surface area (Å²) in [5, 5.41) is 0. The van der Waals surface area contributed by atoms with E-state index in [1.54, 1.807) is 18.2 Å². The summed E-state index contributed by atoms with van der Waals surface area (Å²) in [5.74, 6) is 0. The first kappa shape index (κ1) is 16.0. The van der Waals surface area contributed by atoms with Crippen LogP contribution in [0.3, 0.4) is 0 Å². The van der Waals surface area contributed by atoms with Crippen LogP contribution in [0.1, 0.15) is 23.6 Å². The Bertz CT molecular complexity index is 770. The highest BCUT2D eigenvalue weighted by Crippen LogP contribution is 2.28. The molecule has 2 aromatic carbocycles. The number of aryl methyl sites for hydroxylation is 3. The summed E-state index contributed by atoms with van der Waals surface area (Å²) in [4.78, 5) is 0.249.